The molecule has 0 N–H and O–H groups in total. The fourth-order valence-electron chi connectivity index (χ4n) is 2.51. The molecule has 0 spiro atoms. The third kappa shape index (κ3) is 3.39. The Morgan fingerprint density at radius 1 is 0.920 bits per heavy atom. The number of benzene rings is 2. The van der Waals surface area contributed by atoms with Crippen LogP contribution in [0.5, 0.6) is 5.75 Å². The quantitative estimate of drug-likeness (QED) is 0.767. The van der Waals surface area contributed by atoms with Crippen LogP contribution >= 0.6 is 11.6 Å². The summed E-state index contributed by atoms with van der Waals surface area (Å²) in [6, 6.07) is 11.8. The Morgan fingerprint density at radius 2 is 1.44 bits per heavy atom. The van der Waals surface area contributed by atoms with Crippen LogP contribution in [0, 0.1) is 0 Å². The summed E-state index contributed by atoms with van der Waals surface area (Å²) in [4.78, 5) is 0.249. The molecule has 25 heavy (non-hydrogen) atoms. The normalized spacial score (nSPS) is 16.4. The second kappa shape index (κ2) is 6.60. The lowest BCUT2D eigenvalue weighted by Gasteiger charge is -2.37. The van der Waals surface area contributed by atoms with Crippen LogP contribution in [0.15, 0.2) is 58.3 Å². The van der Waals surface area contributed by atoms with Crippen LogP contribution in [0.3, 0.4) is 0 Å². The van der Waals surface area contributed by atoms with E-state index in [1.165, 1.54) is 43.5 Å². The second-order valence-corrected chi connectivity index (χ2v) is 10.2. The molecule has 3 rings (SSSR count). The summed E-state index contributed by atoms with van der Waals surface area (Å²) in [5, 5.41) is -0.321. The molecule has 9 heteroatoms. The van der Waals surface area contributed by atoms with Gasteiger partial charge in [0.2, 0.25) is 10.0 Å². The van der Waals surface area contributed by atoms with E-state index in [4.69, 9.17) is 16.3 Å². The molecule has 2 aromatic rings. The summed E-state index contributed by atoms with van der Waals surface area (Å²) in [5.41, 5.74) is 0. The molecule has 134 valence electrons. The Balaban J connectivity index is 1.75. The number of rotatable bonds is 5. The number of sulfonamides is 1. The van der Waals surface area contributed by atoms with Crippen molar-refractivity contribution in [1.29, 1.82) is 0 Å². The summed E-state index contributed by atoms with van der Waals surface area (Å²) < 4.78 is 56.3. The molecule has 0 saturated carbocycles. The van der Waals surface area contributed by atoms with Crippen LogP contribution in [-0.4, -0.2) is 46.6 Å². The first-order valence-corrected chi connectivity index (χ1v) is 10.8. The van der Waals surface area contributed by atoms with Crippen molar-refractivity contribution >= 4 is 31.5 Å². The van der Waals surface area contributed by atoms with E-state index in [0.717, 1.165) is 4.31 Å². The van der Waals surface area contributed by atoms with E-state index in [2.05, 4.69) is 0 Å². The highest BCUT2D eigenvalue weighted by Gasteiger charge is 2.44. The summed E-state index contributed by atoms with van der Waals surface area (Å²) >= 11 is 5.77. The molecule has 6 nitrogen and oxygen atoms in total. The van der Waals surface area contributed by atoms with Gasteiger partial charge in [0.05, 0.1) is 22.2 Å². The largest absolute Gasteiger partial charge is 0.497 e. The molecule has 0 atom stereocenters. The molecular weight excluding hydrogens is 386 g/mol. The Bertz CT molecular complexity index is 964. The van der Waals surface area contributed by atoms with Gasteiger partial charge in [-0.2, -0.15) is 4.31 Å². The minimum absolute atomic E-state index is 0.0701. The highest BCUT2D eigenvalue weighted by atomic mass is 35.5. The first-order chi connectivity index (χ1) is 11.7. The van der Waals surface area contributed by atoms with E-state index >= 15 is 0 Å². The number of ether oxygens (including phenoxy) is 1. The van der Waals surface area contributed by atoms with Crippen LogP contribution in [0.4, 0.5) is 0 Å². The molecule has 0 aromatic heterocycles. The van der Waals surface area contributed by atoms with Gasteiger partial charge in [-0.1, -0.05) is 11.6 Å². The molecule has 0 bridgehead atoms. The van der Waals surface area contributed by atoms with Gasteiger partial charge in [-0.3, -0.25) is 0 Å². The Kier molecular flexibility index (Phi) is 4.80. The standard InChI is InChI=1S/C16H16ClNO5S2/c1-23-13-4-8-15(9-5-13)25(21,22)18-10-16(11-18)24(19,20)14-6-2-12(17)3-7-14/h2-9,16H,10-11H2,1H3. The summed E-state index contributed by atoms with van der Waals surface area (Å²) in [6.45, 7) is -0.140. The number of methoxy groups -OCH3 is 1. The summed E-state index contributed by atoms with van der Waals surface area (Å²) in [5.74, 6) is 0.547. The van der Waals surface area contributed by atoms with Crippen LogP contribution in [0.25, 0.3) is 0 Å². The van der Waals surface area contributed by atoms with Crippen molar-refractivity contribution < 1.29 is 21.6 Å². The molecule has 1 heterocycles. The third-order valence-electron chi connectivity index (χ3n) is 4.09. The topological polar surface area (TPSA) is 80.8 Å². The summed E-state index contributed by atoms with van der Waals surface area (Å²) in [7, 11) is -5.82. The second-order valence-electron chi connectivity index (χ2n) is 5.62. The minimum atomic E-state index is -3.72. The lowest BCUT2D eigenvalue weighted by atomic mass is 10.3. The average Bonchev–Trinajstić information content (AvgIpc) is 2.53. The van der Waals surface area contributed by atoms with Crippen LogP contribution < -0.4 is 4.74 Å². The Labute approximate surface area is 152 Å². The lowest BCUT2D eigenvalue weighted by Crippen LogP contribution is -2.56. The monoisotopic (exact) mass is 401 g/mol. The van der Waals surface area contributed by atoms with Gasteiger partial charge in [0.25, 0.3) is 0 Å². The van der Waals surface area contributed by atoms with E-state index < -0.39 is 25.1 Å². The number of sulfone groups is 1. The van der Waals surface area contributed by atoms with Gasteiger partial charge in [0, 0.05) is 18.1 Å². The average molecular weight is 402 g/mol. The zero-order valence-corrected chi connectivity index (χ0v) is 15.7. The highest BCUT2D eigenvalue weighted by Crippen LogP contribution is 2.29. The van der Waals surface area contributed by atoms with Gasteiger partial charge < -0.3 is 4.74 Å². The van der Waals surface area contributed by atoms with Gasteiger partial charge >= 0.3 is 0 Å². The smallest absolute Gasteiger partial charge is 0.243 e. The zero-order chi connectivity index (χ0) is 18.2. The van der Waals surface area contributed by atoms with Crippen LogP contribution in [0.1, 0.15) is 0 Å². The molecule has 1 fully saturated rings. The van der Waals surface area contributed by atoms with Crippen LogP contribution in [-0.2, 0) is 19.9 Å². The molecule has 0 aliphatic carbocycles. The van der Waals surface area contributed by atoms with Crippen molar-refractivity contribution in [2.75, 3.05) is 20.2 Å². The molecule has 2 aromatic carbocycles. The van der Waals surface area contributed by atoms with Crippen molar-refractivity contribution in [2.24, 2.45) is 0 Å². The number of nitrogens with zero attached hydrogens (tertiary/aromatic N) is 1. The maximum atomic E-state index is 12.5. The third-order valence-corrected chi connectivity index (χ3v) is 8.30. The number of hydrogen-bond donors (Lipinski definition) is 0. The van der Waals surface area contributed by atoms with Crippen molar-refractivity contribution in [3.63, 3.8) is 0 Å². The molecule has 1 saturated heterocycles. The van der Waals surface area contributed by atoms with E-state index in [1.807, 2.05) is 0 Å². The van der Waals surface area contributed by atoms with Gasteiger partial charge in [-0.15, -0.1) is 0 Å². The molecule has 0 radical (unpaired) electrons. The number of hydrogen-bond acceptors (Lipinski definition) is 5. The predicted molar refractivity (Wildman–Crippen MR) is 94.2 cm³/mol. The van der Waals surface area contributed by atoms with E-state index in [9.17, 15) is 16.8 Å². The van der Waals surface area contributed by atoms with Gasteiger partial charge in [0.15, 0.2) is 9.84 Å². The predicted octanol–water partition coefficient (Wildman–Crippen LogP) is 2.20. The van der Waals surface area contributed by atoms with E-state index in [0.29, 0.717) is 10.8 Å². The van der Waals surface area contributed by atoms with Gasteiger partial charge in [-0.05, 0) is 48.5 Å². The lowest BCUT2D eigenvalue weighted by molar-refractivity contribution is 0.309. The maximum absolute atomic E-state index is 12.5. The van der Waals surface area contributed by atoms with Gasteiger partial charge in [-0.25, -0.2) is 16.8 Å². The van der Waals surface area contributed by atoms with Crippen molar-refractivity contribution in [3.8, 4) is 5.75 Å². The molecular formula is C16H16ClNO5S2. The Hall–Kier alpha value is -1.61. The highest BCUT2D eigenvalue weighted by molar-refractivity contribution is 7.92. The molecule has 1 aliphatic rings. The zero-order valence-electron chi connectivity index (χ0n) is 13.3. The first kappa shape index (κ1) is 18.2. The molecule has 0 amide bonds. The minimum Gasteiger partial charge on any atom is -0.497 e. The molecule has 1 aliphatic heterocycles. The first-order valence-electron chi connectivity index (χ1n) is 7.39. The van der Waals surface area contributed by atoms with E-state index in [1.54, 1.807) is 12.1 Å². The van der Waals surface area contributed by atoms with Crippen molar-refractivity contribution in [2.45, 2.75) is 15.0 Å². The fraction of sp³-hybridized carbons (Fsp3) is 0.250. The Morgan fingerprint density at radius 3 is 1.96 bits per heavy atom. The van der Waals surface area contributed by atoms with E-state index in [-0.39, 0.29) is 22.9 Å². The van der Waals surface area contributed by atoms with Crippen molar-refractivity contribution in [3.05, 3.63) is 53.6 Å². The fourth-order valence-corrected chi connectivity index (χ4v) is 6.00. The van der Waals surface area contributed by atoms with Gasteiger partial charge in [0.1, 0.15) is 5.75 Å². The van der Waals surface area contributed by atoms with Crippen LogP contribution in [0.2, 0.25) is 5.02 Å². The maximum Gasteiger partial charge on any atom is 0.243 e. The molecule has 0 unspecified atom stereocenters. The summed E-state index contributed by atoms with van der Waals surface area (Å²) in [6.07, 6.45) is 0. The number of halogens is 1. The van der Waals surface area contributed by atoms with Crippen molar-refractivity contribution in [1.82, 2.24) is 4.31 Å². The SMILES string of the molecule is COc1ccc(S(=O)(=O)N2CC(S(=O)(=O)c3ccc(Cl)cc3)C2)cc1.